The number of nitrogens with zero attached hydrogens (tertiary/aromatic N) is 2. The van der Waals surface area contributed by atoms with Gasteiger partial charge in [0.25, 0.3) is 12.3 Å². The molecular formula is C10H13F2N3O2. The molecule has 5 nitrogen and oxygen atoms in total. The van der Waals surface area contributed by atoms with E-state index >= 15 is 0 Å². The molecule has 94 valence electrons. The van der Waals surface area contributed by atoms with Crippen molar-refractivity contribution >= 4 is 5.91 Å². The van der Waals surface area contributed by atoms with Crippen LogP contribution in [0.1, 0.15) is 12.5 Å². The first-order valence-corrected chi connectivity index (χ1v) is 5.34. The average molecular weight is 245 g/mol. The van der Waals surface area contributed by atoms with Gasteiger partial charge in [0.1, 0.15) is 0 Å². The Morgan fingerprint density at radius 2 is 2.41 bits per heavy atom. The standard InChI is InChI=1S/C10H13F2N3O2/c11-9(12)8(15-4-1-3-13-15)10(16)14-7-2-5-17-6-7/h1,3-4,7-9H,2,5-6H2,(H,14,16). The van der Waals surface area contributed by atoms with Crippen LogP contribution in [0.15, 0.2) is 18.5 Å². The molecule has 0 bridgehead atoms. The molecule has 2 unspecified atom stereocenters. The summed E-state index contributed by atoms with van der Waals surface area (Å²) in [5.74, 6) is -0.723. The molecule has 0 saturated carbocycles. The molecule has 2 heterocycles. The van der Waals surface area contributed by atoms with Crippen LogP contribution in [0.4, 0.5) is 8.78 Å². The molecule has 1 saturated heterocycles. The zero-order chi connectivity index (χ0) is 12.3. The second-order valence-electron chi connectivity index (χ2n) is 3.83. The molecule has 0 spiro atoms. The molecule has 1 N–H and O–H groups in total. The number of nitrogens with one attached hydrogen (secondary N) is 1. The van der Waals surface area contributed by atoms with Crippen molar-refractivity contribution < 1.29 is 18.3 Å². The molecule has 0 aromatic carbocycles. The number of halogens is 2. The molecule has 1 aliphatic heterocycles. The van der Waals surface area contributed by atoms with Gasteiger partial charge >= 0.3 is 0 Å². The summed E-state index contributed by atoms with van der Waals surface area (Å²) in [5.41, 5.74) is 0. The van der Waals surface area contributed by atoms with Gasteiger partial charge in [-0.3, -0.25) is 9.48 Å². The SMILES string of the molecule is O=C(NC1CCOC1)C(C(F)F)n1cccn1. The summed E-state index contributed by atoms with van der Waals surface area (Å²) in [6.45, 7) is 0.923. The minimum absolute atomic E-state index is 0.181. The lowest BCUT2D eigenvalue weighted by atomic mass is 10.2. The van der Waals surface area contributed by atoms with E-state index in [1.807, 2.05) is 0 Å². The number of amides is 1. The smallest absolute Gasteiger partial charge is 0.269 e. The summed E-state index contributed by atoms with van der Waals surface area (Å²) in [6, 6.07) is -0.258. The number of rotatable bonds is 4. The third-order valence-electron chi connectivity index (χ3n) is 2.59. The van der Waals surface area contributed by atoms with Gasteiger partial charge in [0.15, 0.2) is 6.04 Å². The van der Waals surface area contributed by atoms with Crippen LogP contribution >= 0.6 is 0 Å². The fraction of sp³-hybridized carbons (Fsp3) is 0.600. The van der Waals surface area contributed by atoms with E-state index in [0.29, 0.717) is 19.6 Å². The highest BCUT2D eigenvalue weighted by Gasteiger charge is 2.32. The van der Waals surface area contributed by atoms with Gasteiger partial charge in [0, 0.05) is 19.0 Å². The average Bonchev–Trinajstić information content (AvgIpc) is 2.89. The van der Waals surface area contributed by atoms with Crippen LogP contribution in [0, 0.1) is 0 Å². The number of alkyl halides is 2. The maximum Gasteiger partial charge on any atom is 0.269 e. The number of aromatic nitrogens is 2. The van der Waals surface area contributed by atoms with Gasteiger partial charge in [-0.15, -0.1) is 0 Å². The number of carbonyl (C=O) groups is 1. The van der Waals surface area contributed by atoms with Crippen molar-refractivity contribution in [1.82, 2.24) is 15.1 Å². The minimum Gasteiger partial charge on any atom is -0.379 e. The topological polar surface area (TPSA) is 56.1 Å². The van der Waals surface area contributed by atoms with Crippen molar-refractivity contribution in [3.05, 3.63) is 18.5 Å². The molecule has 1 aliphatic rings. The van der Waals surface area contributed by atoms with Crippen molar-refractivity contribution in [1.29, 1.82) is 0 Å². The third-order valence-corrected chi connectivity index (χ3v) is 2.59. The summed E-state index contributed by atoms with van der Waals surface area (Å²) in [7, 11) is 0. The first kappa shape index (κ1) is 12.0. The Bertz CT molecular complexity index is 364. The maximum atomic E-state index is 12.8. The van der Waals surface area contributed by atoms with E-state index in [4.69, 9.17) is 4.74 Å². The van der Waals surface area contributed by atoms with E-state index in [-0.39, 0.29) is 6.04 Å². The van der Waals surface area contributed by atoms with E-state index in [0.717, 1.165) is 4.68 Å². The van der Waals surface area contributed by atoms with Crippen LogP contribution in [0.2, 0.25) is 0 Å². The lowest BCUT2D eigenvalue weighted by Gasteiger charge is -2.18. The highest BCUT2D eigenvalue weighted by Crippen LogP contribution is 2.16. The minimum atomic E-state index is -2.79. The van der Waals surface area contributed by atoms with Gasteiger partial charge in [0.05, 0.1) is 12.6 Å². The number of hydrogen-bond acceptors (Lipinski definition) is 3. The van der Waals surface area contributed by atoms with Crippen LogP contribution < -0.4 is 5.32 Å². The van der Waals surface area contributed by atoms with Crippen molar-refractivity contribution in [3.8, 4) is 0 Å². The highest BCUT2D eigenvalue weighted by atomic mass is 19.3. The number of carbonyl (C=O) groups excluding carboxylic acids is 1. The molecule has 1 fully saturated rings. The summed E-state index contributed by atoms with van der Waals surface area (Å²) < 4.78 is 31.7. The van der Waals surface area contributed by atoms with Gasteiger partial charge in [-0.25, -0.2) is 8.78 Å². The van der Waals surface area contributed by atoms with E-state index in [9.17, 15) is 13.6 Å². The van der Waals surface area contributed by atoms with Crippen molar-refractivity contribution in [3.63, 3.8) is 0 Å². The largest absolute Gasteiger partial charge is 0.379 e. The van der Waals surface area contributed by atoms with Crippen molar-refractivity contribution in [2.24, 2.45) is 0 Å². The Kier molecular flexibility index (Phi) is 3.68. The van der Waals surface area contributed by atoms with E-state index in [1.54, 1.807) is 0 Å². The fourth-order valence-electron chi connectivity index (χ4n) is 1.73. The first-order valence-electron chi connectivity index (χ1n) is 5.34. The van der Waals surface area contributed by atoms with E-state index in [2.05, 4.69) is 10.4 Å². The predicted molar refractivity (Wildman–Crippen MR) is 54.6 cm³/mol. The van der Waals surface area contributed by atoms with Crippen molar-refractivity contribution in [2.45, 2.75) is 24.9 Å². The molecule has 17 heavy (non-hydrogen) atoms. The molecule has 7 heteroatoms. The molecule has 1 aromatic heterocycles. The second kappa shape index (κ2) is 5.22. The van der Waals surface area contributed by atoms with Gasteiger partial charge < -0.3 is 10.1 Å². The number of ether oxygens (including phenoxy) is 1. The lowest BCUT2D eigenvalue weighted by Crippen LogP contribution is -2.42. The van der Waals surface area contributed by atoms with Gasteiger partial charge in [-0.2, -0.15) is 5.10 Å². The molecule has 2 rings (SSSR count). The summed E-state index contributed by atoms with van der Waals surface area (Å²) >= 11 is 0. The maximum absolute atomic E-state index is 12.8. The highest BCUT2D eigenvalue weighted by molar-refractivity contribution is 5.80. The van der Waals surface area contributed by atoms with Gasteiger partial charge in [-0.05, 0) is 12.5 Å². The van der Waals surface area contributed by atoms with E-state index < -0.39 is 18.4 Å². The Morgan fingerprint density at radius 1 is 1.59 bits per heavy atom. The molecule has 1 amide bonds. The molecule has 2 atom stereocenters. The third kappa shape index (κ3) is 2.79. The van der Waals surface area contributed by atoms with Crippen LogP contribution in [0.3, 0.4) is 0 Å². The molecule has 0 radical (unpaired) electrons. The number of hydrogen-bond donors (Lipinski definition) is 1. The zero-order valence-electron chi connectivity index (χ0n) is 9.05. The Hall–Kier alpha value is -1.50. The van der Waals surface area contributed by atoms with Crippen LogP contribution in [-0.2, 0) is 9.53 Å². The Morgan fingerprint density at radius 3 is 2.94 bits per heavy atom. The summed E-state index contributed by atoms with van der Waals surface area (Å²) in [4.78, 5) is 11.7. The summed E-state index contributed by atoms with van der Waals surface area (Å²) in [5, 5.41) is 6.22. The van der Waals surface area contributed by atoms with E-state index in [1.165, 1.54) is 18.5 Å². The van der Waals surface area contributed by atoms with Crippen molar-refractivity contribution in [2.75, 3.05) is 13.2 Å². The van der Waals surface area contributed by atoms with Crippen LogP contribution in [0.5, 0.6) is 0 Å². The normalized spacial score (nSPS) is 21.7. The Labute approximate surface area is 96.7 Å². The zero-order valence-corrected chi connectivity index (χ0v) is 9.05. The molecule has 1 aromatic rings. The fourth-order valence-corrected chi connectivity index (χ4v) is 1.73. The lowest BCUT2D eigenvalue weighted by molar-refractivity contribution is -0.129. The molecule has 0 aliphatic carbocycles. The summed E-state index contributed by atoms with van der Waals surface area (Å²) in [6.07, 6.45) is 0.571. The van der Waals surface area contributed by atoms with Crippen LogP contribution in [0.25, 0.3) is 0 Å². The quantitative estimate of drug-likeness (QED) is 0.844. The monoisotopic (exact) mass is 245 g/mol. The second-order valence-corrected chi connectivity index (χ2v) is 3.83. The predicted octanol–water partition coefficient (Wildman–Crippen LogP) is 0.594. The molecular weight excluding hydrogens is 232 g/mol. The Balaban J connectivity index is 2.03. The van der Waals surface area contributed by atoms with Gasteiger partial charge in [0.2, 0.25) is 0 Å². The first-order chi connectivity index (χ1) is 8.18. The van der Waals surface area contributed by atoms with Crippen LogP contribution in [-0.4, -0.2) is 41.4 Å². The van der Waals surface area contributed by atoms with Gasteiger partial charge in [-0.1, -0.05) is 0 Å².